The Hall–Kier alpha value is -1.61. The van der Waals surface area contributed by atoms with Gasteiger partial charge in [0.05, 0.1) is 0 Å². The average Bonchev–Trinajstić information content (AvgIpc) is 2.52. The molecule has 22 heavy (non-hydrogen) atoms. The smallest absolute Gasteiger partial charge is 0.123 e. The van der Waals surface area contributed by atoms with Crippen molar-refractivity contribution in [3.63, 3.8) is 0 Å². The molecule has 1 saturated heterocycles. The summed E-state index contributed by atoms with van der Waals surface area (Å²) in [6.45, 7) is 10.6. The van der Waals surface area contributed by atoms with Crippen molar-refractivity contribution in [2.75, 3.05) is 33.2 Å². The molecule has 0 unspecified atom stereocenters. The van der Waals surface area contributed by atoms with Gasteiger partial charge in [0, 0.05) is 26.3 Å². The second kappa shape index (κ2) is 8.14. The number of likely N-dealkylation sites (tertiary alicyclic amines) is 1. The number of likely N-dealkylation sites (N-methyl/N-ethyl adjacent to an activating group) is 1. The Kier molecular flexibility index (Phi) is 6.20. The Bertz CT molecular complexity index is 513. The van der Waals surface area contributed by atoms with Crippen LogP contribution >= 0.6 is 0 Å². The number of rotatable bonds is 6. The van der Waals surface area contributed by atoms with Gasteiger partial charge < -0.3 is 9.80 Å². The maximum Gasteiger partial charge on any atom is 0.123 e. The third-order valence-corrected chi connectivity index (χ3v) is 4.18. The van der Waals surface area contributed by atoms with Gasteiger partial charge in [-0.1, -0.05) is 25.1 Å². The molecule has 1 aliphatic heterocycles. The lowest BCUT2D eigenvalue weighted by atomic mass is 10.0. The molecule has 1 aromatic carbocycles. The minimum absolute atomic E-state index is 0.205. The van der Waals surface area contributed by atoms with E-state index in [4.69, 9.17) is 0 Å². The molecule has 3 heteroatoms. The first-order valence-electron chi connectivity index (χ1n) is 8.12. The van der Waals surface area contributed by atoms with E-state index in [2.05, 4.69) is 29.6 Å². The Morgan fingerprint density at radius 2 is 1.86 bits per heavy atom. The van der Waals surface area contributed by atoms with Crippen molar-refractivity contribution >= 4 is 5.57 Å². The summed E-state index contributed by atoms with van der Waals surface area (Å²) in [6, 6.07) is 6.63. The van der Waals surface area contributed by atoms with Crippen LogP contribution in [0.4, 0.5) is 4.39 Å². The third kappa shape index (κ3) is 4.99. The number of hydrogen-bond donors (Lipinski definition) is 0. The lowest BCUT2D eigenvalue weighted by Crippen LogP contribution is -2.35. The van der Waals surface area contributed by atoms with Crippen LogP contribution in [0.2, 0.25) is 0 Å². The van der Waals surface area contributed by atoms with Crippen LogP contribution in [0.15, 0.2) is 42.6 Å². The van der Waals surface area contributed by atoms with Crippen molar-refractivity contribution in [2.45, 2.75) is 26.2 Å². The molecule has 1 aromatic rings. The van der Waals surface area contributed by atoms with Crippen molar-refractivity contribution in [3.05, 3.63) is 54.0 Å². The second-order valence-corrected chi connectivity index (χ2v) is 6.21. The lowest BCUT2D eigenvalue weighted by molar-refractivity contribution is 0.212. The zero-order valence-electron chi connectivity index (χ0n) is 13.8. The predicted octanol–water partition coefficient (Wildman–Crippen LogP) is 4.16. The molecule has 120 valence electrons. The minimum Gasteiger partial charge on any atom is -0.379 e. The summed E-state index contributed by atoms with van der Waals surface area (Å²) in [5.41, 5.74) is 3.08. The Morgan fingerprint density at radius 3 is 2.45 bits per heavy atom. The standard InChI is InChI=1S/C19H27FN2/c1-16(2)19(17-7-9-18(20)10-8-17)15-21(3)13-14-22-11-5-4-6-12-22/h7-10,15H,1,4-6,11-14H2,2-3H3/b19-15+. The maximum atomic E-state index is 13.1. The van der Waals surface area contributed by atoms with Crippen molar-refractivity contribution in [3.8, 4) is 0 Å². The largest absolute Gasteiger partial charge is 0.379 e. The summed E-state index contributed by atoms with van der Waals surface area (Å²) in [4.78, 5) is 4.74. The van der Waals surface area contributed by atoms with E-state index in [1.807, 2.05) is 19.1 Å². The van der Waals surface area contributed by atoms with E-state index in [1.165, 1.54) is 44.5 Å². The van der Waals surface area contributed by atoms with Crippen LogP contribution in [-0.2, 0) is 0 Å². The average molecular weight is 302 g/mol. The number of hydrogen-bond acceptors (Lipinski definition) is 2. The highest BCUT2D eigenvalue weighted by atomic mass is 19.1. The van der Waals surface area contributed by atoms with Crippen LogP contribution in [0, 0.1) is 5.82 Å². The second-order valence-electron chi connectivity index (χ2n) is 6.21. The molecular formula is C19H27FN2. The maximum absolute atomic E-state index is 13.1. The SMILES string of the molecule is C=C(C)/C(=C\N(C)CCN1CCCCC1)c1ccc(F)cc1. The van der Waals surface area contributed by atoms with Crippen molar-refractivity contribution < 1.29 is 4.39 Å². The molecule has 0 aliphatic carbocycles. The van der Waals surface area contributed by atoms with Gasteiger partial charge in [0.15, 0.2) is 0 Å². The highest BCUT2D eigenvalue weighted by Crippen LogP contribution is 2.22. The van der Waals surface area contributed by atoms with Crippen molar-refractivity contribution in [1.82, 2.24) is 9.80 Å². The summed E-state index contributed by atoms with van der Waals surface area (Å²) in [5, 5.41) is 0. The van der Waals surface area contributed by atoms with E-state index >= 15 is 0 Å². The summed E-state index contributed by atoms with van der Waals surface area (Å²) in [7, 11) is 2.09. The number of nitrogens with zero attached hydrogens (tertiary/aromatic N) is 2. The third-order valence-electron chi connectivity index (χ3n) is 4.18. The first-order valence-corrected chi connectivity index (χ1v) is 8.12. The molecule has 1 heterocycles. The fraction of sp³-hybridized carbons (Fsp3) is 0.474. The van der Waals surface area contributed by atoms with Gasteiger partial charge in [0.1, 0.15) is 5.82 Å². The van der Waals surface area contributed by atoms with Gasteiger partial charge >= 0.3 is 0 Å². The highest BCUT2D eigenvalue weighted by Gasteiger charge is 2.10. The summed E-state index contributed by atoms with van der Waals surface area (Å²) in [5.74, 6) is -0.205. The first kappa shape index (κ1) is 16.8. The minimum atomic E-state index is -0.205. The van der Waals surface area contributed by atoms with Crippen molar-refractivity contribution in [1.29, 1.82) is 0 Å². The lowest BCUT2D eigenvalue weighted by Gasteiger charge is -2.28. The highest BCUT2D eigenvalue weighted by molar-refractivity contribution is 5.77. The molecule has 2 nitrogen and oxygen atoms in total. The van der Waals surface area contributed by atoms with Crippen LogP contribution < -0.4 is 0 Å². The Balaban J connectivity index is 1.99. The van der Waals surface area contributed by atoms with Gasteiger partial charge in [-0.25, -0.2) is 4.39 Å². The molecule has 0 aromatic heterocycles. The molecule has 0 radical (unpaired) electrons. The monoisotopic (exact) mass is 302 g/mol. The zero-order chi connectivity index (χ0) is 15.9. The quantitative estimate of drug-likeness (QED) is 0.728. The summed E-state index contributed by atoms with van der Waals surface area (Å²) in [6.07, 6.45) is 6.15. The molecule has 0 amide bonds. The van der Waals surface area contributed by atoms with Crippen LogP contribution in [-0.4, -0.2) is 43.0 Å². The van der Waals surface area contributed by atoms with E-state index in [0.717, 1.165) is 29.8 Å². The predicted molar refractivity (Wildman–Crippen MR) is 92.1 cm³/mol. The molecule has 0 saturated carbocycles. The molecule has 0 N–H and O–H groups in total. The topological polar surface area (TPSA) is 6.48 Å². The van der Waals surface area contributed by atoms with E-state index in [1.54, 1.807) is 0 Å². The van der Waals surface area contributed by atoms with Crippen LogP contribution in [0.3, 0.4) is 0 Å². The van der Waals surface area contributed by atoms with E-state index in [-0.39, 0.29) is 5.82 Å². The van der Waals surface area contributed by atoms with Gasteiger partial charge in [-0.3, -0.25) is 0 Å². The normalized spacial score (nSPS) is 16.6. The van der Waals surface area contributed by atoms with Crippen LogP contribution in [0.5, 0.6) is 0 Å². The van der Waals surface area contributed by atoms with Crippen molar-refractivity contribution in [2.24, 2.45) is 0 Å². The van der Waals surface area contributed by atoms with Gasteiger partial charge in [-0.2, -0.15) is 0 Å². The molecule has 0 bridgehead atoms. The van der Waals surface area contributed by atoms with Crippen LogP contribution in [0.1, 0.15) is 31.7 Å². The van der Waals surface area contributed by atoms with Gasteiger partial charge in [0.25, 0.3) is 0 Å². The van der Waals surface area contributed by atoms with E-state index in [0.29, 0.717) is 0 Å². The molecule has 2 rings (SSSR count). The van der Waals surface area contributed by atoms with E-state index < -0.39 is 0 Å². The first-order chi connectivity index (χ1) is 10.6. The molecule has 0 atom stereocenters. The molecule has 1 aliphatic rings. The molecule has 0 spiro atoms. The Labute approximate surface area is 133 Å². The van der Waals surface area contributed by atoms with E-state index in [9.17, 15) is 4.39 Å². The fourth-order valence-electron chi connectivity index (χ4n) is 2.83. The number of piperidine rings is 1. The zero-order valence-corrected chi connectivity index (χ0v) is 13.8. The van der Waals surface area contributed by atoms with Gasteiger partial charge in [-0.15, -0.1) is 0 Å². The molecule has 1 fully saturated rings. The summed E-state index contributed by atoms with van der Waals surface area (Å²) < 4.78 is 13.1. The number of halogens is 1. The summed E-state index contributed by atoms with van der Waals surface area (Å²) >= 11 is 0. The number of benzene rings is 1. The van der Waals surface area contributed by atoms with Gasteiger partial charge in [-0.05, 0) is 61.7 Å². The number of allylic oxidation sites excluding steroid dienone is 2. The fourth-order valence-corrected chi connectivity index (χ4v) is 2.83. The van der Waals surface area contributed by atoms with Gasteiger partial charge in [0.2, 0.25) is 0 Å². The van der Waals surface area contributed by atoms with Crippen LogP contribution in [0.25, 0.3) is 5.57 Å². The molecular weight excluding hydrogens is 275 g/mol. The Morgan fingerprint density at radius 1 is 1.23 bits per heavy atom.